The molecule has 3 nitrogen and oxygen atoms in total. The Morgan fingerprint density at radius 3 is 2.41 bits per heavy atom. The number of rotatable bonds is 4. The van der Waals surface area contributed by atoms with Crippen molar-refractivity contribution in [1.29, 1.82) is 0 Å². The Bertz CT molecular complexity index is 479. The second kappa shape index (κ2) is 7.98. The van der Waals surface area contributed by atoms with Gasteiger partial charge in [-0.25, -0.2) is 0 Å². The summed E-state index contributed by atoms with van der Waals surface area (Å²) in [5, 5.41) is 0. The molecule has 1 unspecified atom stereocenters. The zero-order chi connectivity index (χ0) is 15.5. The number of hydrogen-bond acceptors (Lipinski definition) is 2. The van der Waals surface area contributed by atoms with Crippen LogP contribution in [0.15, 0.2) is 24.3 Å². The molecule has 2 rings (SSSR count). The third-order valence-electron chi connectivity index (χ3n) is 4.42. The lowest BCUT2D eigenvalue weighted by atomic mass is 9.86. The largest absolute Gasteiger partial charge is 0.342 e. The van der Waals surface area contributed by atoms with Crippen LogP contribution in [-0.2, 0) is 16.6 Å². The highest BCUT2D eigenvalue weighted by atomic mass is 35.5. The molecule has 1 aliphatic heterocycles. The summed E-state index contributed by atoms with van der Waals surface area (Å²) in [5.74, 6) is 0.769. The number of nitrogens with zero attached hydrogens (tertiary/aromatic N) is 1. The van der Waals surface area contributed by atoms with E-state index in [1.807, 2.05) is 4.90 Å². The van der Waals surface area contributed by atoms with Gasteiger partial charge in [0.2, 0.25) is 5.91 Å². The van der Waals surface area contributed by atoms with Crippen LogP contribution < -0.4 is 5.73 Å². The van der Waals surface area contributed by atoms with E-state index in [1.54, 1.807) is 0 Å². The molecular weight excluding hydrogens is 296 g/mol. The summed E-state index contributed by atoms with van der Waals surface area (Å²) >= 11 is 0. The third kappa shape index (κ3) is 4.99. The van der Waals surface area contributed by atoms with Gasteiger partial charge >= 0.3 is 0 Å². The van der Waals surface area contributed by atoms with Gasteiger partial charge in [0.15, 0.2) is 0 Å². The molecule has 1 aromatic rings. The molecular formula is C18H29ClN2O. The number of carbonyl (C=O) groups excluding carboxylic acids is 1. The average molecular weight is 325 g/mol. The van der Waals surface area contributed by atoms with E-state index < -0.39 is 0 Å². The Kier molecular flexibility index (Phi) is 6.89. The van der Waals surface area contributed by atoms with E-state index in [9.17, 15) is 4.79 Å². The molecule has 1 fully saturated rings. The lowest BCUT2D eigenvalue weighted by Crippen LogP contribution is -2.30. The Labute approximate surface area is 140 Å². The van der Waals surface area contributed by atoms with Gasteiger partial charge in [-0.1, -0.05) is 45.0 Å². The van der Waals surface area contributed by atoms with Crippen molar-refractivity contribution in [2.75, 3.05) is 19.6 Å². The summed E-state index contributed by atoms with van der Waals surface area (Å²) in [5.41, 5.74) is 8.43. The number of aryl methyl sites for hydroxylation is 1. The van der Waals surface area contributed by atoms with E-state index in [-0.39, 0.29) is 23.7 Å². The second-order valence-corrected chi connectivity index (χ2v) is 7.18. The fourth-order valence-corrected chi connectivity index (χ4v) is 2.83. The van der Waals surface area contributed by atoms with Crippen molar-refractivity contribution in [1.82, 2.24) is 4.90 Å². The molecule has 0 aliphatic carbocycles. The standard InChI is InChI=1S/C18H28N2O.ClH/c1-18(2,3)16-7-4-14(5-8-16)6-9-17(21)20-11-10-15(12-19)13-20;/h4-5,7-8,15H,6,9-13,19H2,1-3H3;1H. The fraction of sp³-hybridized carbons (Fsp3) is 0.611. The van der Waals surface area contributed by atoms with Crippen molar-refractivity contribution in [2.24, 2.45) is 11.7 Å². The predicted octanol–water partition coefficient (Wildman–Crippen LogP) is 3.15. The number of nitrogens with two attached hydrogens (primary N) is 1. The molecule has 1 aromatic carbocycles. The minimum absolute atomic E-state index is 0. The number of amides is 1. The van der Waals surface area contributed by atoms with Gasteiger partial charge in [-0.05, 0) is 41.8 Å². The molecule has 0 radical (unpaired) electrons. The Morgan fingerprint density at radius 2 is 1.91 bits per heavy atom. The maximum atomic E-state index is 12.2. The van der Waals surface area contributed by atoms with E-state index in [0.29, 0.717) is 18.9 Å². The van der Waals surface area contributed by atoms with Crippen LogP contribution in [0.2, 0.25) is 0 Å². The molecule has 124 valence electrons. The topological polar surface area (TPSA) is 46.3 Å². The zero-order valence-electron chi connectivity index (χ0n) is 14.0. The highest BCUT2D eigenvalue weighted by molar-refractivity contribution is 5.85. The predicted molar refractivity (Wildman–Crippen MR) is 94.5 cm³/mol. The van der Waals surface area contributed by atoms with Gasteiger partial charge in [0.05, 0.1) is 0 Å². The van der Waals surface area contributed by atoms with Crippen molar-refractivity contribution in [2.45, 2.75) is 45.4 Å². The Hall–Kier alpha value is -1.06. The van der Waals surface area contributed by atoms with Gasteiger partial charge in [-0.3, -0.25) is 4.79 Å². The maximum absolute atomic E-state index is 12.2. The molecule has 2 N–H and O–H groups in total. The second-order valence-electron chi connectivity index (χ2n) is 7.18. The molecule has 0 bridgehead atoms. The van der Waals surface area contributed by atoms with Gasteiger partial charge < -0.3 is 10.6 Å². The molecule has 0 aromatic heterocycles. The first-order valence-electron chi connectivity index (χ1n) is 7.97. The summed E-state index contributed by atoms with van der Waals surface area (Å²) in [6, 6.07) is 8.67. The molecule has 0 spiro atoms. The van der Waals surface area contributed by atoms with Gasteiger partial charge in [0.25, 0.3) is 0 Å². The van der Waals surface area contributed by atoms with Crippen molar-refractivity contribution in [3.63, 3.8) is 0 Å². The average Bonchev–Trinajstić information content (AvgIpc) is 2.93. The number of benzene rings is 1. The quantitative estimate of drug-likeness (QED) is 0.924. The molecule has 22 heavy (non-hydrogen) atoms. The smallest absolute Gasteiger partial charge is 0.222 e. The lowest BCUT2D eigenvalue weighted by molar-refractivity contribution is -0.130. The van der Waals surface area contributed by atoms with E-state index in [0.717, 1.165) is 25.9 Å². The zero-order valence-corrected chi connectivity index (χ0v) is 14.8. The van der Waals surface area contributed by atoms with Crippen LogP contribution in [0.25, 0.3) is 0 Å². The van der Waals surface area contributed by atoms with Gasteiger partial charge in [0, 0.05) is 19.5 Å². The molecule has 1 atom stereocenters. The number of hydrogen-bond donors (Lipinski definition) is 1. The van der Waals surface area contributed by atoms with Crippen LogP contribution in [0.4, 0.5) is 0 Å². The van der Waals surface area contributed by atoms with Crippen LogP contribution in [0.5, 0.6) is 0 Å². The van der Waals surface area contributed by atoms with E-state index in [4.69, 9.17) is 5.73 Å². The van der Waals surface area contributed by atoms with Gasteiger partial charge in [-0.15, -0.1) is 12.4 Å². The molecule has 1 saturated heterocycles. The SMILES string of the molecule is CC(C)(C)c1ccc(CCC(=O)N2CCC(CN)C2)cc1.Cl. The summed E-state index contributed by atoms with van der Waals surface area (Å²) in [7, 11) is 0. The number of carbonyl (C=O) groups is 1. The molecule has 1 heterocycles. The number of halogens is 1. The monoisotopic (exact) mass is 324 g/mol. The van der Waals surface area contributed by atoms with Crippen molar-refractivity contribution in [3.8, 4) is 0 Å². The van der Waals surface area contributed by atoms with Gasteiger partial charge in [-0.2, -0.15) is 0 Å². The lowest BCUT2D eigenvalue weighted by Gasteiger charge is -2.19. The first-order chi connectivity index (χ1) is 9.90. The Morgan fingerprint density at radius 1 is 1.27 bits per heavy atom. The minimum atomic E-state index is 0. The summed E-state index contributed by atoms with van der Waals surface area (Å²) in [6.07, 6.45) is 2.49. The summed E-state index contributed by atoms with van der Waals surface area (Å²) in [6.45, 7) is 9.06. The van der Waals surface area contributed by atoms with Crippen LogP contribution in [-0.4, -0.2) is 30.4 Å². The summed E-state index contributed by atoms with van der Waals surface area (Å²) < 4.78 is 0. The Balaban J connectivity index is 0.00000242. The first kappa shape index (κ1) is 19.0. The van der Waals surface area contributed by atoms with Crippen LogP contribution in [0, 0.1) is 5.92 Å². The van der Waals surface area contributed by atoms with E-state index >= 15 is 0 Å². The highest BCUT2D eigenvalue weighted by Crippen LogP contribution is 2.23. The molecule has 0 saturated carbocycles. The number of likely N-dealkylation sites (tertiary alicyclic amines) is 1. The minimum Gasteiger partial charge on any atom is -0.342 e. The third-order valence-corrected chi connectivity index (χ3v) is 4.42. The van der Waals surface area contributed by atoms with Crippen LogP contribution in [0.1, 0.15) is 44.7 Å². The van der Waals surface area contributed by atoms with Crippen molar-refractivity contribution >= 4 is 18.3 Å². The highest BCUT2D eigenvalue weighted by Gasteiger charge is 2.24. The van der Waals surface area contributed by atoms with E-state index in [1.165, 1.54) is 11.1 Å². The van der Waals surface area contributed by atoms with Crippen LogP contribution in [0.3, 0.4) is 0 Å². The summed E-state index contributed by atoms with van der Waals surface area (Å²) in [4.78, 5) is 14.2. The van der Waals surface area contributed by atoms with Crippen molar-refractivity contribution in [3.05, 3.63) is 35.4 Å². The maximum Gasteiger partial charge on any atom is 0.222 e. The molecule has 1 amide bonds. The normalized spacial score (nSPS) is 18.2. The molecule has 1 aliphatic rings. The molecule has 4 heteroatoms. The van der Waals surface area contributed by atoms with Crippen molar-refractivity contribution < 1.29 is 4.79 Å². The van der Waals surface area contributed by atoms with E-state index in [2.05, 4.69) is 45.0 Å². The first-order valence-corrected chi connectivity index (χ1v) is 7.97. The fourth-order valence-electron chi connectivity index (χ4n) is 2.83. The van der Waals surface area contributed by atoms with Crippen LogP contribution >= 0.6 is 12.4 Å². The van der Waals surface area contributed by atoms with Gasteiger partial charge in [0.1, 0.15) is 0 Å².